The highest BCUT2D eigenvalue weighted by molar-refractivity contribution is 5.66. The second-order valence-electron chi connectivity index (χ2n) is 7.71. The van der Waals surface area contributed by atoms with Gasteiger partial charge in [0.25, 0.3) is 0 Å². The molecule has 0 fully saturated rings. The lowest BCUT2D eigenvalue weighted by atomic mass is 9.87. The lowest BCUT2D eigenvalue weighted by Gasteiger charge is -2.20. The summed E-state index contributed by atoms with van der Waals surface area (Å²) in [6, 6.07) is 29.1. The highest BCUT2D eigenvalue weighted by Gasteiger charge is 2.18. The second kappa shape index (κ2) is 6.84. The molecule has 0 aliphatic heterocycles. The molecule has 0 atom stereocenters. The summed E-state index contributed by atoms with van der Waals surface area (Å²) in [6.45, 7) is 6.68. The van der Waals surface area contributed by atoms with Gasteiger partial charge in [-0.25, -0.2) is 0 Å². The van der Waals surface area contributed by atoms with E-state index in [0.717, 1.165) is 28.5 Å². The van der Waals surface area contributed by atoms with Crippen molar-refractivity contribution in [3.8, 4) is 28.5 Å². The Balaban J connectivity index is 1.90. The Hall–Kier alpha value is -3.20. The number of benzene rings is 3. The van der Waals surface area contributed by atoms with Gasteiger partial charge in [0.15, 0.2) is 11.6 Å². The fourth-order valence-corrected chi connectivity index (χ4v) is 3.19. The summed E-state index contributed by atoms with van der Waals surface area (Å²) in [7, 11) is 0. The lowest BCUT2D eigenvalue weighted by molar-refractivity contribution is 0.590. The molecule has 3 nitrogen and oxygen atoms in total. The highest BCUT2D eigenvalue weighted by Crippen LogP contribution is 2.30. The minimum atomic E-state index is 0.121. The predicted octanol–water partition coefficient (Wildman–Crippen LogP) is 5.90. The Kier molecular flexibility index (Phi) is 4.36. The number of rotatable bonds is 3. The summed E-state index contributed by atoms with van der Waals surface area (Å²) < 4.78 is 2.14. The Morgan fingerprint density at radius 1 is 0.593 bits per heavy atom. The number of hydrogen-bond acceptors (Lipinski definition) is 2. The molecule has 0 aliphatic rings. The fourth-order valence-electron chi connectivity index (χ4n) is 3.19. The maximum absolute atomic E-state index is 4.52. The van der Waals surface area contributed by atoms with Gasteiger partial charge >= 0.3 is 0 Å². The van der Waals surface area contributed by atoms with Gasteiger partial charge in [0.1, 0.15) is 0 Å². The van der Waals surface area contributed by atoms with Crippen LogP contribution >= 0.6 is 0 Å². The molecule has 0 spiro atoms. The van der Waals surface area contributed by atoms with Crippen molar-refractivity contribution in [3.05, 3.63) is 90.5 Å². The smallest absolute Gasteiger partial charge is 0.168 e. The topological polar surface area (TPSA) is 30.7 Å². The number of aromatic nitrogens is 3. The monoisotopic (exact) mass is 353 g/mol. The first-order valence-corrected chi connectivity index (χ1v) is 9.21. The first-order chi connectivity index (χ1) is 13.0. The quantitative estimate of drug-likeness (QED) is 0.459. The Bertz CT molecular complexity index is 968. The maximum atomic E-state index is 4.52. The van der Waals surface area contributed by atoms with Crippen LogP contribution in [0.3, 0.4) is 0 Å². The van der Waals surface area contributed by atoms with E-state index in [-0.39, 0.29) is 5.41 Å². The van der Waals surface area contributed by atoms with Gasteiger partial charge in [-0.2, -0.15) is 0 Å². The average molecular weight is 353 g/mol. The van der Waals surface area contributed by atoms with Crippen LogP contribution in [0.2, 0.25) is 0 Å². The molecule has 4 rings (SSSR count). The van der Waals surface area contributed by atoms with E-state index in [1.807, 2.05) is 36.4 Å². The van der Waals surface area contributed by atoms with Crippen LogP contribution in [0, 0.1) is 0 Å². The first kappa shape index (κ1) is 17.2. The molecule has 3 aromatic carbocycles. The minimum absolute atomic E-state index is 0.121. The van der Waals surface area contributed by atoms with Crippen molar-refractivity contribution in [2.75, 3.05) is 0 Å². The fraction of sp³-hybridized carbons (Fsp3) is 0.167. The second-order valence-corrected chi connectivity index (χ2v) is 7.71. The van der Waals surface area contributed by atoms with Crippen molar-refractivity contribution < 1.29 is 0 Å². The SMILES string of the molecule is CC(C)(C)c1ccc(-n2c(-c3ccccc3)nnc2-c2ccccc2)cc1. The van der Waals surface area contributed by atoms with E-state index >= 15 is 0 Å². The Labute approximate surface area is 160 Å². The van der Waals surface area contributed by atoms with E-state index < -0.39 is 0 Å². The normalized spacial score (nSPS) is 11.5. The summed E-state index contributed by atoms with van der Waals surface area (Å²) in [6.07, 6.45) is 0. The van der Waals surface area contributed by atoms with Crippen molar-refractivity contribution in [1.29, 1.82) is 0 Å². The van der Waals surface area contributed by atoms with Gasteiger partial charge in [0, 0.05) is 16.8 Å². The molecular formula is C24H23N3. The van der Waals surface area contributed by atoms with Crippen LogP contribution in [0.4, 0.5) is 0 Å². The molecular weight excluding hydrogens is 330 g/mol. The van der Waals surface area contributed by atoms with Crippen LogP contribution < -0.4 is 0 Å². The standard InChI is InChI=1S/C24H23N3/c1-24(2,3)20-14-16-21(17-15-20)27-22(18-10-6-4-7-11-18)25-26-23(27)19-12-8-5-9-13-19/h4-17H,1-3H3. The molecule has 0 N–H and O–H groups in total. The van der Waals surface area contributed by atoms with Gasteiger partial charge in [-0.1, -0.05) is 93.6 Å². The molecule has 3 heteroatoms. The van der Waals surface area contributed by atoms with Gasteiger partial charge in [0.2, 0.25) is 0 Å². The molecule has 0 saturated heterocycles. The zero-order valence-corrected chi connectivity index (χ0v) is 15.9. The molecule has 0 saturated carbocycles. The molecule has 0 bridgehead atoms. The van der Waals surface area contributed by atoms with Crippen molar-refractivity contribution in [3.63, 3.8) is 0 Å². The third kappa shape index (κ3) is 3.41. The van der Waals surface area contributed by atoms with Crippen LogP contribution in [0.5, 0.6) is 0 Å². The van der Waals surface area contributed by atoms with Crippen LogP contribution in [0.15, 0.2) is 84.9 Å². The first-order valence-electron chi connectivity index (χ1n) is 9.21. The van der Waals surface area contributed by atoms with E-state index in [4.69, 9.17) is 0 Å². The molecule has 0 unspecified atom stereocenters. The summed E-state index contributed by atoms with van der Waals surface area (Å²) in [5.74, 6) is 1.69. The highest BCUT2D eigenvalue weighted by atomic mass is 15.3. The van der Waals surface area contributed by atoms with Crippen molar-refractivity contribution >= 4 is 0 Å². The molecule has 1 aromatic heterocycles. The average Bonchev–Trinajstić information content (AvgIpc) is 3.14. The largest absolute Gasteiger partial charge is 0.275 e. The molecule has 134 valence electrons. The lowest BCUT2D eigenvalue weighted by Crippen LogP contribution is -2.11. The van der Waals surface area contributed by atoms with Crippen LogP contribution in [-0.4, -0.2) is 14.8 Å². The van der Waals surface area contributed by atoms with Crippen molar-refractivity contribution in [1.82, 2.24) is 14.8 Å². The van der Waals surface area contributed by atoms with Crippen molar-refractivity contribution in [2.24, 2.45) is 0 Å². The molecule has 0 amide bonds. The third-order valence-electron chi connectivity index (χ3n) is 4.72. The van der Waals surface area contributed by atoms with Gasteiger partial charge < -0.3 is 0 Å². The van der Waals surface area contributed by atoms with E-state index in [0.29, 0.717) is 0 Å². The predicted molar refractivity (Wildman–Crippen MR) is 111 cm³/mol. The van der Waals surface area contributed by atoms with Gasteiger partial charge in [-0.05, 0) is 23.1 Å². The molecule has 1 heterocycles. The summed E-state index contributed by atoms with van der Waals surface area (Å²) in [4.78, 5) is 0. The zero-order chi connectivity index (χ0) is 18.9. The Morgan fingerprint density at radius 3 is 1.44 bits per heavy atom. The van der Waals surface area contributed by atoms with Crippen molar-refractivity contribution in [2.45, 2.75) is 26.2 Å². The van der Waals surface area contributed by atoms with Gasteiger partial charge in [-0.3, -0.25) is 4.57 Å². The maximum Gasteiger partial charge on any atom is 0.168 e. The summed E-state index contributed by atoms with van der Waals surface area (Å²) in [5, 5.41) is 9.05. The minimum Gasteiger partial charge on any atom is -0.275 e. The third-order valence-corrected chi connectivity index (χ3v) is 4.72. The van der Waals surface area contributed by atoms with Crippen LogP contribution in [-0.2, 0) is 5.41 Å². The zero-order valence-electron chi connectivity index (χ0n) is 15.9. The van der Waals surface area contributed by atoms with Gasteiger partial charge in [0.05, 0.1) is 0 Å². The summed E-state index contributed by atoms with van der Waals surface area (Å²) in [5.41, 5.74) is 4.59. The van der Waals surface area contributed by atoms with Crippen LogP contribution in [0.1, 0.15) is 26.3 Å². The molecule has 0 aliphatic carbocycles. The summed E-state index contributed by atoms with van der Waals surface area (Å²) >= 11 is 0. The van der Waals surface area contributed by atoms with E-state index in [1.165, 1.54) is 5.56 Å². The number of hydrogen-bond donors (Lipinski definition) is 0. The Morgan fingerprint density at radius 2 is 1.04 bits per heavy atom. The molecule has 27 heavy (non-hydrogen) atoms. The van der Waals surface area contributed by atoms with Crippen LogP contribution in [0.25, 0.3) is 28.5 Å². The van der Waals surface area contributed by atoms with E-state index in [9.17, 15) is 0 Å². The van der Waals surface area contributed by atoms with E-state index in [2.05, 4.69) is 84.1 Å². The van der Waals surface area contributed by atoms with E-state index in [1.54, 1.807) is 0 Å². The number of nitrogens with zero attached hydrogens (tertiary/aromatic N) is 3. The molecule has 0 radical (unpaired) electrons. The molecule has 4 aromatic rings. The van der Waals surface area contributed by atoms with Gasteiger partial charge in [-0.15, -0.1) is 10.2 Å².